The maximum atomic E-state index is 14.2. The van der Waals surface area contributed by atoms with Crippen LogP contribution in [-0.2, 0) is 12.3 Å². The van der Waals surface area contributed by atoms with Crippen LogP contribution in [0.1, 0.15) is 15.9 Å². The van der Waals surface area contributed by atoms with Gasteiger partial charge in [0.25, 0.3) is 5.91 Å². The summed E-state index contributed by atoms with van der Waals surface area (Å²) in [5, 5.41) is 11.6. The first kappa shape index (κ1) is 24.3. The third-order valence-electron chi connectivity index (χ3n) is 6.13. The molecule has 9 heteroatoms. The van der Waals surface area contributed by atoms with E-state index >= 15 is 0 Å². The van der Waals surface area contributed by atoms with Crippen molar-refractivity contribution in [2.45, 2.75) is 17.5 Å². The molecule has 4 aromatic rings. The second-order valence-corrected chi connectivity index (χ2v) is 10.2. The fourth-order valence-electron chi connectivity index (χ4n) is 4.30. The van der Waals surface area contributed by atoms with Crippen LogP contribution in [-0.4, -0.2) is 51.8 Å². The Hall–Kier alpha value is -3.43. The fraction of sp³-hybridized carbons (Fsp3) is 0.222. The molecule has 1 fully saturated rings. The Kier molecular flexibility index (Phi) is 7.48. The Morgan fingerprint density at radius 3 is 2.56 bits per heavy atom. The van der Waals surface area contributed by atoms with E-state index in [9.17, 15) is 9.18 Å². The number of amides is 1. The number of thioether (sulfide) groups is 1. The molecule has 3 heterocycles. The lowest BCUT2D eigenvalue weighted by molar-refractivity contribution is 0.0746. The van der Waals surface area contributed by atoms with Crippen LogP contribution < -0.4 is 4.90 Å². The molecule has 0 radical (unpaired) electrons. The summed E-state index contributed by atoms with van der Waals surface area (Å²) < 4.78 is 16.2. The normalized spacial score (nSPS) is 13.7. The van der Waals surface area contributed by atoms with Crippen LogP contribution in [0, 0.1) is 5.82 Å². The molecule has 0 spiro atoms. The van der Waals surface area contributed by atoms with Crippen LogP contribution >= 0.6 is 23.1 Å². The van der Waals surface area contributed by atoms with Gasteiger partial charge in [-0.3, -0.25) is 9.36 Å². The molecule has 0 atom stereocenters. The van der Waals surface area contributed by atoms with Gasteiger partial charge in [0.15, 0.2) is 11.0 Å². The molecule has 0 aliphatic carbocycles. The monoisotopic (exact) mass is 519 g/mol. The molecule has 1 saturated heterocycles. The molecule has 0 saturated carbocycles. The number of piperazine rings is 1. The topological polar surface area (TPSA) is 54.3 Å². The molecule has 0 unspecified atom stereocenters. The molecular weight excluding hydrogens is 493 g/mol. The van der Waals surface area contributed by atoms with Gasteiger partial charge in [-0.2, -0.15) is 0 Å². The first-order valence-electron chi connectivity index (χ1n) is 11.7. The van der Waals surface area contributed by atoms with Gasteiger partial charge in [0.05, 0.1) is 10.6 Å². The standard InChI is InChI=1S/C27H26FN5OS2/c1-2-13-33-25(24-12-7-18-35-24)29-30-27(33)36-19-20-8-3-4-9-21(20)26(34)32-16-14-31(15-17-32)23-11-6-5-10-22(23)28/h2-12,18H,1,13-17,19H2. The SMILES string of the molecule is C=CCn1c(SCc2ccccc2C(=O)N2CCN(c3ccccc3F)CC2)nnc1-c1cccs1. The number of aromatic nitrogens is 3. The molecular formula is C27H26FN5OS2. The molecule has 0 N–H and O–H groups in total. The van der Waals surface area contributed by atoms with E-state index in [4.69, 9.17) is 0 Å². The minimum absolute atomic E-state index is 0.00576. The van der Waals surface area contributed by atoms with E-state index < -0.39 is 0 Å². The van der Waals surface area contributed by atoms with Crippen molar-refractivity contribution in [2.75, 3.05) is 31.1 Å². The van der Waals surface area contributed by atoms with Crippen LogP contribution in [0.5, 0.6) is 0 Å². The molecule has 0 bridgehead atoms. The summed E-state index contributed by atoms with van der Waals surface area (Å²) in [6, 6.07) is 18.5. The number of hydrogen-bond donors (Lipinski definition) is 0. The lowest BCUT2D eigenvalue weighted by Gasteiger charge is -2.36. The quantitative estimate of drug-likeness (QED) is 0.225. The van der Waals surface area contributed by atoms with Gasteiger partial charge in [0.1, 0.15) is 5.82 Å². The summed E-state index contributed by atoms with van der Waals surface area (Å²) in [6.45, 7) is 6.78. The molecule has 5 rings (SSSR count). The molecule has 1 aliphatic rings. The number of halogens is 1. The summed E-state index contributed by atoms with van der Waals surface area (Å²) in [5.74, 6) is 1.19. The number of rotatable bonds is 8. The fourth-order valence-corrected chi connectivity index (χ4v) is 5.97. The highest BCUT2D eigenvalue weighted by Gasteiger charge is 2.25. The number of hydrogen-bond acceptors (Lipinski definition) is 6. The zero-order chi connectivity index (χ0) is 24.9. The van der Waals surface area contributed by atoms with Crippen molar-refractivity contribution in [3.63, 3.8) is 0 Å². The molecule has 184 valence electrons. The van der Waals surface area contributed by atoms with E-state index in [1.165, 1.54) is 6.07 Å². The number of nitrogens with zero attached hydrogens (tertiary/aromatic N) is 5. The van der Waals surface area contributed by atoms with Crippen molar-refractivity contribution >= 4 is 34.7 Å². The Balaban J connectivity index is 1.28. The van der Waals surface area contributed by atoms with Gasteiger partial charge in [-0.15, -0.1) is 28.1 Å². The van der Waals surface area contributed by atoms with Gasteiger partial charge in [-0.25, -0.2) is 4.39 Å². The smallest absolute Gasteiger partial charge is 0.254 e. The number of carbonyl (C=O) groups is 1. The Bertz CT molecular complexity index is 1350. The molecule has 2 aromatic heterocycles. The number of anilines is 1. The van der Waals surface area contributed by atoms with E-state index in [0.717, 1.165) is 21.4 Å². The van der Waals surface area contributed by atoms with Crippen molar-refractivity contribution in [1.82, 2.24) is 19.7 Å². The van der Waals surface area contributed by atoms with Crippen molar-refractivity contribution in [3.05, 3.63) is 95.6 Å². The Labute approximate surface area is 218 Å². The predicted octanol–water partition coefficient (Wildman–Crippen LogP) is 5.59. The second kappa shape index (κ2) is 11.1. The first-order chi connectivity index (χ1) is 17.7. The zero-order valence-corrected chi connectivity index (χ0v) is 21.3. The molecule has 1 aliphatic heterocycles. The third-order valence-corrected chi connectivity index (χ3v) is 8.02. The van der Waals surface area contributed by atoms with Gasteiger partial charge in [-0.05, 0) is 35.2 Å². The lowest BCUT2D eigenvalue weighted by atomic mass is 10.1. The summed E-state index contributed by atoms with van der Waals surface area (Å²) >= 11 is 3.19. The van der Waals surface area contributed by atoms with Gasteiger partial charge in [0, 0.05) is 44.0 Å². The molecule has 1 amide bonds. The van der Waals surface area contributed by atoms with E-state index in [-0.39, 0.29) is 11.7 Å². The average molecular weight is 520 g/mol. The van der Waals surface area contributed by atoms with E-state index in [1.807, 2.05) is 63.7 Å². The van der Waals surface area contributed by atoms with Crippen molar-refractivity contribution < 1.29 is 9.18 Å². The molecule has 36 heavy (non-hydrogen) atoms. The first-order valence-corrected chi connectivity index (χ1v) is 13.6. The zero-order valence-electron chi connectivity index (χ0n) is 19.7. The Morgan fingerprint density at radius 1 is 1.03 bits per heavy atom. The number of benzene rings is 2. The van der Waals surface area contributed by atoms with Crippen molar-refractivity contribution in [3.8, 4) is 10.7 Å². The molecule has 2 aromatic carbocycles. The third kappa shape index (κ3) is 5.08. The largest absolute Gasteiger partial charge is 0.366 e. The number of carbonyl (C=O) groups excluding carboxylic acids is 1. The van der Waals surface area contributed by atoms with Crippen LogP contribution in [0.4, 0.5) is 10.1 Å². The second-order valence-electron chi connectivity index (χ2n) is 8.36. The maximum absolute atomic E-state index is 14.2. The predicted molar refractivity (Wildman–Crippen MR) is 144 cm³/mol. The molecule has 6 nitrogen and oxygen atoms in total. The highest BCUT2D eigenvalue weighted by molar-refractivity contribution is 7.98. The number of allylic oxidation sites excluding steroid dienone is 1. The maximum Gasteiger partial charge on any atom is 0.254 e. The summed E-state index contributed by atoms with van der Waals surface area (Å²) in [6.07, 6.45) is 1.84. The van der Waals surface area contributed by atoms with Crippen LogP contribution in [0.2, 0.25) is 0 Å². The highest BCUT2D eigenvalue weighted by atomic mass is 32.2. The minimum atomic E-state index is -0.230. The van der Waals surface area contributed by atoms with Gasteiger partial charge < -0.3 is 9.80 Å². The summed E-state index contributed by atoms with van der Waals surface area (Å²) in [5.41, 5.74) is 2.24. The van der Waals surface area contributed by atoms with Gasteiger partial charge >= 0.3 is 0 Å². The summed E-state index contributed by atoms with van der Waals surface area (Å²) in [7, 11) is 0. The summed E-state index contributed by atoms with van der Waals surface area (Å²) in [4.78, 5) is 18.4. The van der Waals surface area contributed by atoms with E-state index in [1.54, 1.807) is 35.2 Å². The Morgan fingerprint density at radius 2 is 1.81 bits per heavy atom. The number of para-hydroxylation sites is 1. The van der Waals surface area contributed by atoms with E-state index in [0.29, 0.717) is 49.7 Å². The highest BCUT2D eigenvalue weighted by Crippen LogP contribution is 2.30. The van der Waals surface area contributed by atoms with Crippen molar-refractivity contribution in [1.29, 1.82) is 0 Å². The minimum Gasteiger partial charge on any atom is -0.366 e. The van der Waals surface area contributed by atoms with E-state index in [2.05, 4.69) is 21.3 Å². The van der Waals surface area contributed by atoms with Crippen LogP contribution in [0.25, 0.3) is 10.7 Å². The van der Waals surface area contributed by atoms with Crippen molar-refractivity contribution in [2.24, 2.45) is 0 Å². The van der Waals surface area contributed by atoms with Gasteiger partial charge in [-0.1, -0.05) is 54.2 Å². The van der Waals surface area contributed by atoms with Gasteiger partial charge in [0.2, 0.25) is 0 Å². The lowest BCUT2D eigenvalue weighted by Crippen LogP contribution is -2.49. The van der Waals surface area contributed by atoms with Crippen LogP contribution in [0.3, 0.4) is 0 Å². The number of thiophene rings is 1. The van der Waals surface area contributed by atoms with Crippen LogP contribution in [0.15, 0.2) is 83.9 Å². The average Bonchev–Trinajstić information content (AvgIpc) is 3.58.